The molecule has 2 aliphatic rings. The van der Waals surface area contributed by atoms with Gasteiger partial charge in [-0.05, 0) is 24.5 Å². The highest BCUT2D eigenvalue weighted by atomic mass is 15.2. The lowest BCUT2D eigenvalue weighted by Gasteiger charge is -2.35. The minimum absolute atomic E-state index is 0.267. The first-order valence-corrected chi connectivity index (χ1v) is 6.28. The SMILES string of the molecule is C=C1N(C)c2ccccc2C12CCCCC2. The molecule has 1 aromatic carbocycles. The van der Waals surface area contributed by atoms with Gasteiger partial charge >= 0.3 is 0 Å². The fraction of sp³-hybridized carbons (Fsp3) is 0.467. The minimum atomic E-state index is 0.267. The Morgan fingerprint density at radius 1 is 1.12 bits per heavy atom. The number of likely N-dealkylation sites (N-methyl/N-ethyl adjacent to an activating group) is 1. The van der Waals surface area contributed by atoms with Crippen LogP contribution in [-0.2, 0) is 5.41 Å². The first-order chi connectivity index (χ1) is 7.76. The van der Waals surface area contributed by atoms with Crippen molar-refractivity contribution in [3.05, 3.63) is 42.1 Å². The summed E-state index contributed by atoms with van der Waals surface area (Å²) in [6, 6.07) is 8.82. The standard InChI is InChI=1S/C15H19N/c1-12-15(10-6-3-7-11-15)13-8-4-5-9-14(13)16(12)2/h4-5,8-9H,1,3,6-7,10-11H2,2H3. The summed E-state index contributed by atoms with van der Waals surface area (Å²) in [6.45, 7) is 4.35. The van der Waals surface area contributed by atoms with Gasteiger partial charge in [0.2, 0.25) is 0 Å². The fourth-order valence-corrected chi connectivity index (χ4v) is 3.51. The van der Waals surface area contributed by atoms with E-state index in [-0.39, 0.29) is 5.41 Å². The fourth-order valence-electron chi connectivity index (χ4n) is 3.51. The van der Waals surface area contributed by atoms with Gasteiger partial charge in [0, 0.05) is 23.8 Å². The second kappa shape index (κ2) is 3.38. The molecule has 0 saturated heterocycles. The molecule has 1 heterocycles. The van der Waals surface area contributed by atoms with Crippen molar-refractivity contribution < 1.29 is 0 Å². The second-order valence-electron chi connectivity index (χ2n) is 5.17. The number of rotatable bonds is 0. The van der Waals surface area contributed by atoms with E-state index in [4.69, 9.17) is 0 Å². The van der Waals surface area contributed by atoms with Gasteiger partial charge in [-0.1, -0.05) is 44.0 Å². The van der Waals surface area contributed by atoms with Crippen molar-refractivity contribution >= 4 is 5.69 Å². The molecule has 1 nitrogen and oxygen atoms in total. The average Bonchev–Trinajstić information content (AvgIpc) is 2.55. The Kier molecular flexibility index (Phi) is 2.10. The lowest BCUT2D eigenvalue weighted by molar-refractivity contribution is 0.347. The third-order valence-electron chi connectivity index (χ3n) is 4.45. The lowest BCUT2D eigenvalue weighted by atomic mass is 9.69. The zero-order valence-corrected chi connectivity index (χ0v) is 10.00. The maximum absolute atomic E-state index is 4.35. The summed E-state index contributed by atoms with van der Waals surface area (Å²) in [5.41, 5.74) is 4.47. The molecule has 1 aromatic rings. The van der Waals surface area contributed by atoms with Crippen molar-refractivity contribution in [3.63, 3.8) is 0 Å². The number of hydrogen-bond donors (Lipinski definition) is 0. The molecule has 0 unspecified atom stereocenters. The monoisotopic (exact) mass is 213 g/mol. The molecule has 1 heteroatoms. The summed E-state index contributed by atoms with van der Waals surface area (Å²) >= 11 is 0. The van der Waals surface area contributed by atoms with Crippen molar-refractivity contribution in [1.82, 2.24) is 0 Å². The van der Waals surface area contributed by atoms with Crippen LogP contribution in [0.1, 0.15) is 37.7 Å². The molecule has 3 rings (SSSR count). The van der Waals surface area contributed by atoms with Gasteiger partial charge in [-0.3, -0.25) is 0 Å². The Bertz CT molecular complexity index is 427. The average molecular weight is 213 g/mol. The van der Waals surface area contributed by atoms with Crippen LogP contribution >= 0.6 is 0 Å². The Labute approximate surface area is 97.8 Å². The highest BCUT2D eigenvalue weighted by molar-refractivity contribution is 5.69. The first kappa shape index (κ1) is 9.95. The first-order valence-electron chi connectivity index (χ1n) is 6.28. The smallest absolute Gasteiger partial charge is 0.0448 e. The molecule has 0 radical (unpaired) electrons. The van der Waals surface area contributed by atoms with Crippen LogP contribution < -0.4 is 4.90 Å². The highest BCUT2D eigenvalue weighted by Gasteiger charge is 2.44. The molecule has 0 atom stereocenters. The molecule has 0 amide bonds. The zero-order valence-electron chi connectivity index (χ0n) is 10.00. The Morgan fingerprint density at radius 3 is 2.56 bits per heavy atom. The predicted octanol–water partition coefficient (Wildman–Crippen LogP) is 3.85. The van der Waals surface area contributed by atoms with Crippen LogP contribution in [-0.4, -0.2) is 7.05 Å². The number of fused-ring (bicyclic) bond motifs is 2. The van der Waals surface area contributed by atoms with E-state index in [9.17, 15) is 0 Å². The van der Waals surface area contributed by atoms with Gasteiger partial charge in [-0.25, -0.2) is 0 Å². The topological polar surface area (TPSA) is 3.24 Å². The molecule has 1 aliphatic carbocycles. The van der Waals surface area contributed by atoms with Crippen molar-refractivity contribution in [2.24, 2.45) is 0 Å². The van der Waals surface area contributed by atoms with E-state index in [2.05, 4.69) is 42.8 Å². The van der Waals surface area contributed by atoms with E-state index < -0.39 is 0 Å². The van der Waals surface area contributed by atoms with Gasteiger partial charge in [0.25, 0.3) is 0 Å². The number of nitrogens with zero attached hydrogens (tertiary/aromatic N) is 1. The molecule has 84 valence electrons. The van der Waals surface area contributed by atoms with E-state index in [1.165, 1.54) is 49.1 Å². The molecular formula is C15H19N. The zero-order chi connectivity index (χ0) is 11.2. The van der Waals surface area contributed by atoms with E-state index in [0.717, 1.165) is 0 Å². The molecule has 0 bridgehead atoms. The summed E-state index contributed by atoms with van der Waals surface area (Å²) in [4.78, 5) is 2.29. The number of allylic oxidation sites excluding steroid dienone is 1. The van der Waals surface area contributed by atoms with E-state index >= 15 is 0 Å². The maximum atomic E-state index is 4.35. The highest BCUT2D eigenvalue weighted by Crippen LogP contribution is 2.53. The van der Waals surface area contributed by atoms with Crippen LogP contribution in [0.3, 0.4) is 0 Å². The van der Waals surface area contributed by atoms with E-state index in [0.29, 0.717) is 0 Å². The van der Waals surface area contributed by atoms with Crippen molar-refractivity contribution in [2.45, 2.75) is 37.5 Å². The van der Waals surface area contributed by atoms with Gasteiger partial charge < -0.3 is 4.90 Å². The molecule has 0 N–H and O–H groups in total. The van der Waals surface area contributed by atoms with Gasteiger partial charge in [0.15, 0.2) is 0 Å². The third kappa shape index (κ3) is 1.12. The van der Waals surface area contributed by atoms with Gasteiger partial charge in [0.05, 0.1) is 0 Å². The molecule has 1 aliphatic heterocycles. The Balaban J connectivity index is 2.16. The predicted molar refractivity (Wildman–Crippen MR) is 68.7 cm³/mol. The minimum Gasteiger partial charge on any atom is -0.348 e. The van der Waals surface area contributed by atoms with Gasteiger partial charge in [-0.15, -0.1) is 0 Å². The van der Waals surface area contributed by atoms with Crippen LogP contribution in [0, 0.1) is 0 Å². The van der Waals surface area contributed by atoms with Crippen LogP contribution in [0.15, 0.2) is 36.5 Å². The quantitative estimate of drug-likeness (QED) is 0.632. The molecule has 1 fully saturated rings. The number of anilines is 1. The summed E-state index contributed by atoms with van der Waals surface area (Å²) in [7, 11) is 2.16. The second-order valence-corrected chi connectivity index (χ2v) is 5.17. The summed E-state index contributed by atoms with van der Waals surface area (Å²) < 4.78 is 0. The molecular weight excluding hydrogens is 194 g/mol. The van der Waals surface area contributed by atoms with Gasteiger partial charge in [-0.2, -0.15) is 0 Å². The number of benzene rings is 1. The largest absolute Gasteiger partial charge is 0.348 e. The van der Waals surface area contributed by atoms with Crippen LogP contribution in [0.5, 0.6) is 0 Å². The van der Waals surface area contributed by atoms with Crippen molar-refractivity contribution in [3.8, 4) is 0 Å². The molecule has 0 aromatic heterocycles. The molecule has 1 spiro atoms. The number of hydrogen-bond acceptors (Lipinski definition) is 1. The maximum Gasteiger partial charge on any atom is 0.0448 e. The van der Waals surface area contributed by atoms with Crippen LogP contribution in [0.4, 0.5) is 5.69 Å². The van der Waals surface area contributed by atoms with E-state index in [1.807, 2.05) is 0 Å². The Hall–Kier alpha value is -1.24. The molecule has 1 saturated carbocycles. The van der Waals surface area contributed by atoms with Crippen LogP contribution in [0.2, 0.25) is 0 Å². The summed E-state index contributed by atoms with van der Waals surface area (Å²) in [6.07, 6.45) is 6.66. The summed E-state index contributed by atoms with van der Waals surface area (Å²) in [5, 5.41) is 0. The van der Waals surface area contributed by atoms with Crippen LogP contribution in [0.25, 0.3) is 0 Å². The summed E-state index contributed by atoms with van der Waals surface area (Å²) in [5.74, 6) is 0. The lowest BCUT2D eigenvalue weighted by Crippen LogP contribution is -2.31. The third-order valence-corrected chi connectivity index (χ3v) is 4.45. The van der Waals surface area contributed by atoms with E-state index in [1.54, 1.807) is 0 Å². The van der Waals surface area contributed by atoms with Crippen molar-refractivity contribution in [1.29, 1.82) is 0 Å². The van der Waals surface area contributed by atoms with Gasteiger partial charge in [0.1, 0.15) is 0 Å². The molecule has 16 heavy (non-hydrogen) atoms. The van der Waals surface area contributed by atoms with Crippen molar-refractivity contribution in [2.75, 3.05) is 11.9 Å². The normalized spacial score (nSPS) is 22.6. The Morgan fingerprint density at radius 2 is 1.81 bits per heavy atom. The number of para-hydroxylation sites is 1.